The molecule has 0 aliphatic carbocycles. The van der Waals surface area contributed by atoms with Gasteiger partial charge in [0.15, 0.2) is 11.0 Å². The minimum Gasteiger partial charge on any atom is -0.440 e. The molecule has 0 saturated carbocycles. The van der Waals surface area contributed by atoms with E-state index in [-0.39, 0.29) is 0 Å². The first-order valence-corrected chi connectivity index (χ1v) is 7.62. The number of nitrogens with zero attached hydrogens (tertiary/aromatic N) is 2. The van der Waals surface area contributed by atoms with Crippen molar-refractivity contribution < 1.29 is 4.42 Å². The summed E-state index contributed by atoms with van der Waals surface area (Å²) in [5.41, 5.74) is 2.75. The Labute approximate surface area is 125 Å². The molecule has 110 valence electrons. The van der Waals surface area contributed by atoms with Crippen molar-refractivity contribution in [3.05, 3.63) is 17.9 Å². The van der Waals surface area contributed by atoms with E-state index >= 15 is 0 Å². The number of anilines is 1. The minimum atomic E-state index is 0.517. The van der Waals surface area contributed by atoms with E-state index in [1.165, 1.54) is 25.7 Å². The fraction of sp³-hybridized carbons (Fsp3) is 0.571. The second-order valence-electron chi connectivity index (χ2n) is 4.81. The summed E-state index contributed by atoms with van der Waals surface area (Å²) >= 11 is 5.02. The highest BCUT2D eigenvalue weighted by molar-refractivity contribution is 7.80. The van der Waals surface area contributed by atoms with Gasteiger partial charge in [-0.3, -0.25) is 5.43 Å². The molecule has 2 rings (SSSR count). The van der Waals surface area contributed by atoms with Crippen LogP contribution in [0.5, 0.6) is 0 Å². The van der Waals surface area contributed by atoms with Gasteiger partial charge in [0.05, 0.1) is 6.21 Å². The molecule has 1 aromatic heterocycles. The lowest BCUT2D eigenvalue weighted by atomic mass is 10.2. The Morgan fingerprint density at radius 3 is 2.80 bits per heavy atom. The van der Waals surface area contributed by atoms with Gasteiger partial charge in [-0.2, -0.15) is 5.10 Å². The monoisotopic (exact) mass is 294 g/mol. The van der Waals surface area contributed by atoms with Crippen molar-refractivity contribution in [3.8, 4) is 0 Å². The van der Waals surface area contributed by atoms with Crippen LogP contribution in [0.15, 0.2) is 21.7 Å². The molecular weight excluding hydrogens is 272 g/mol. The van der Waals surface area contributed by atoms with Crippen LogP contribution in [0.25, 0.3) is 0 Å². The number of thiocarbonyl (C=S) groups is 1. The first-order chi connectivity index (χ1) is 9.79. The molecule has 0 radical (unpaired) electrons. The second-order valence-corrected chi connectivity index (χ2v) is 5.21. The van der Waals surface area contributed by atoms with Gasteiger partial charge >= 0.3 is 0 Å². The third-order valence-electron chi connectivity index (χ3n) is 3.23. The predicted octanol–water partition coefficient (Wildman–Crippen LogP) is 2.48. The van der Waals surface area contributed by atoms with Crippen LogP contribution in [-0.4, -0.2) is 31.0 Å². The molecule has 5 nitrogen and oxygen atoms in total. The molecule has 1 aliphatic rings. The van der Waals surface area contributed by atoms with E-state index in [2.05, 4.69) is 20.7 Å². The van der Waals surface area contributed by atoms with Gasteiger partial charge in [-0.25, -0.2) is 0 Å². The van der Waals surface area contributed by atoms with Crippen LogP contribution in [0.2, 0.25) is 0 Å². The van der Waals surface area contributed by atoms with Crippen molar-refractivity contribution in [2.45, 2.75) is 32.6 Å². The molecule has 0 bridgehead atoms. The normalized spacial score (nSPS) is 16.1. The highest BCUT2D eigenvalue weighted by atomic mass is 32.1. The number of rotatable bonds is 4. The summed E-state index contributed by atoms with van der Waals surface area (Å²) in [7, 11) is 0. The molecule has 6 heteroatoms. The van der Waals surface area contributed by atoms with Gasteiger partial charge in [-0.15, -0.1) is 0 Å². The smallest absolute Gasteiger partial charge is 0.196 e. The zero-order valence-electron chi connectivity index (χ0n) is 11.9. The average Bonchev–Trinajstić information content (AvgIpc) is 2.73. The van der Waals surface area contributed by atoms with Gasteiger partial charge in [0.1, 0.15) is 5.76 Å². The molecule has 1 saturated heterocycles. The summed E-state index contributed by atoms with van der Waals surface area (Å²) in [6.07, 6.45) is 6.75. The molecular formula is C14H22N4OS. The fourth-order valence-corrected chi connectivity index (χ4v) is 2.42. The third kappa shape index (κ3) is 4.52. The van der Waals surface area contributed by atoms with Crippen LogP contribution in [-0.2, 0) is 0 Å². The minimum absolute atomic E-state index is 0.517. The zero-order chi connectivity index (χ0) is 14.2. The Morgan fingerprint density at radius 1 is 1.35 bits per heavy atom. The van der Waals surface area contributed by atoms with E-state index in [1.807, 2.05) is 19.1 Å². The summed E-state index contributed by atoms with van der Waals surface area (Å²) in [6.45, 7) is 4.92. The van der Waals surface area contributed by atoms with E-state index in [1.54, 1.807) is 6.21 Å². The van der Waals surface area contributed by atoms with Gasteiger partial charge in [0, 0.05) is 25.7 Å². The van der Waals surface area contributed by atoms with Crippen molar-refractivity contribution in [2.75, 3.05) is 24.5 Å². The van der Waals surface area contributed by atoms with Crippen molar-refractivity contribution in [2.24, 2.45) is 5.10 Å². The highest BCUT2D eigenvalue weighted by Crippen LogP contribution is 2.21. The van der Waals surface area contributed by atoms with Crippen LogP contribution in [0, 0.1) is 0 Å². The maximum Gasteiger partial charge on any atom is 0.196 e. The summed E-state index contributed by atoms with van der Waals surface area (Å²) in [6, 6.07) is 3.94. The largest absolute Gasteiger partial charge is 0.440 e. The van der Waals surface area contributed by atoms with Gasteiger partial charge in [0.25, 0.3) is 0 Å². The Morgan fingerprint density at radius 2 is 2.10 bits per heavy atom. The van der Waals surface area contributed by atoms with Crippen LogP contribution in [0.1, 0.15) is 38.4 Å². The lowest BCUT2D eigenvalue weighted by Gasteiger charge is -2.18. The van der Waals surface area contributed by atoms with Crippen molar-refractivity contribution in [1.82, 2.24) is 10.7 Å². The zero-order valence-corrected chi connectivity index (χ0v) is 12.7. The molecule has 0 aromatic carbocycles. The lowest BCUT2D eigenvalue weighted by Crippen LogP contribution is -2.31. The van der Waals surface area contributed by atoms with Crippen LogP contribution in [0.4, 0.5) is 5.88 Å². The first kappa shape index (κ1) is 14.8. The summed E-state index contributed by atoms with van der Waals surface area (Å²) in [5.74, 6) is 1.67. The Hall–Kier alpha value is -1.56. The molecule has 0 unspecified atom stereocenters. The number of furan rings is 1. The summed E-state index contributed by atoms with van der Waals surface area (Å²) in [4.78, 5) is 2.31. The van der Waals surface area contributed by atoms with Crippen LogP contribution >= 0.6 is 12.2 Å². The van der Waals surface area contributed by atoms with E-state index in [4.69, 9.17) is 16.6 Å². The lowest BCUT2D eigenvalue weighted by molar-refractivity contribution is 0.538. The van der Waals surface area contributed by atoms with Gasteiger partial charge in [0.2, 0.25) is 0 Å². The molecule has 0 spiro atoms. The molecule has 0 amide bonds. The fourth-order valence-electron chi connectivity index (χ4n) is 2.23. The number of hydrazone groups is 1. The van der Waals surface area contributed by atoms with E-state index in [0.717, 1.165) is 31.3 Å². The predicted molar refractivity (Wildman–Crippen MR) is 86.4 cm³/mol. The van der Waals surface area contributed by atoms with Crippen molar-refractivity contribution >= 4 is 29.4 Å². The molecule has 1 fully saturated rings. The van der Waals surface area contributed by atoms with Gasteiger partial charge in [-0.05, 0) is 38.0 Å². The van der Waals surface area contributed by atoms with E-state index in [9.17, 15) is 0 Å². The van der Waals surface area contributed by atoms with E-state index < -0.39 is 0 Å². The molecule has 0 atom stereocenters. The molecule has 20 heavy (non-hydrogen) atoms. The Balaban J connectivity index is 1.88. The number of hydrogen-bond donors (Lipinski definition) is 2. The summed E-state index contributed by atoms with van der Waals surface area (Å²) in [5, 5.41) is 7.53. The Bertz CT molecular complexity index is 450. The van der Waals surface area contributed by atoms with Crippen molar-refractivity contribution in [1.29, 1.82) is 0 Å². The quantitative estimate of drug-likeness (QED) is 0.507. The first-order valence-electron chi connectivity index (χ1n) is 7.21. The van der Waals surface area contributed by atoms with Crippen molar-refractivity contribution in [3.63, 3.8) is 0 Å². The average molecular weight is 294 g/mol. The maximum absolute atomic E-state index is 5.79. The van der Waals surface area contributed by atoms with Gasteiger partial charge in [-0.1, -0.05) is 12.8 Å². The maximum atomic E-state index is 5.79. The van der Waals surface area contributed by atoms with Crippen LogP contribution in [0.3, 0.4) is 0 Å². The topological polar surface area (TPSA) is 52.8 Å². The molecule has 2 heterocycles. The highest BCUT2D eigenvalue weighted by Gasteiger charge is 2.12. The Kier molecular flexibility index (Phi) is 5.86. The van der Waals surface area contributed by atoms with E-state index in [0.29, 0.717) is 5.11 Å². The summed E-state index contributed by atoms with van der Waals surface area (Å²) < 4.78 is 5.79. The number of nitrogens with one attached hydrogen (secondary N) is 2. The third-order valence-corrected chi connectivity index (χ3v) is 3.46. The number of hydrogen-bond acceptors (Lipinski definition) is 4. The molecule has 1 aliphatic heterocycles. The second kappa shape index (κ2) is 7.89. The SMILES string of the molecule is CCNC(=S)N/N=C\c1ccc(N2CCCCCC2)o1. The van der Waals surface area contributed by atoms with Gasteiger partial charge < -0.3 is 14.6 Å². The standard InChI is InChI=1S/C14H22N4OS/c1-2-15-14(20)17-16-11-12-7-8-13(19-12)18-9-5-3-4-6-10-18/h7-8,11H,2-6,9-10H2,1H3,(H2,15,17,20)/b16-11-. The molecule has 2 N–H and O–H groups in total. The molecule has 1 aromatic rings. The van der Waals surface area contributed by atoms with Crippen LogP contribution < -0.4 is 15.6 Å².